The van der Waals surface area contributed by atoms with E-state index in [9.17, 15) is 23.3 Å². The van der Waals surface area contributed by atoms with Gasteiger partial charge in [-0.2, -0.15) is 0 Å². The SMILES string of the molecule is CCS(=O)(=O)CCNc1c(Cl)cc([N+](=O)[O-])cc1C(=O)O. The van der Waals surface area contributed by atoms with Crippen LogP contribution >= 0.6 is 11.6 Å². The molecule has 0 aliphatic rings. The highest BCUT2D eigenvalue weighted by Gasteiger charge is 2.20. The lowest BCUT2D eigenvalue weighted by Gasteiger charge is -2.11. The van der Waals surface area contributed by atoms with E-state index in [4.69, 9.17) is 16.7 Å². The minimum atomic E-state index is -3.22. The van der Waals surface area contributed by atoms with Gasteiger partial charge in [0.25, 0.3) is 5.69 Å². The minimum absolute atomic E-state index is 0.0333. The van der Waals surface area contributed by atoms with Gasteiger partial charge in [-0.1, -0.05) is 18.5 Å². The van der Waals surface area contributed by atoms with Gasteiger partial charge >= 0.3 is 5.97 Å². The summed E-state index contributed by atoms with van der Waals surface area (Å²) < 4.78 is 22.7. The Morgan fingerprint density at radius 3 is 2.57 bits per heavy atom. The number of carboxylic acid groups (broad SMARTS) is 1. The molecule has 10 heteroatoms. The van der Waals surface area contributed by atoms with Gasteiger partial charge in [0.1, 0.15) is 0 Å². The number of nitro benzene ring substituents is 1. The molecule has 0 saturated heterocycles. The maximum atomic E-state index is 11.4. The van der Waals surface area contributed by atoms with Gasteiger partial charge in [-0.3, -0.25) is 10.1 Å². The smallest absolute Gasteiger partial charge is 0.338 e. The van der Waals surface area contributed by atoms with Gasteiger partial charge in [0.05, 0.1) is 26.9 Å². The van der Waals surface area contributed by atoms with E-state index >= 15 is 0 Å². The molecule has 1 aromatic rings. The van der Waals surface area contributed by atoms with Crippen molar-refractivity contribution in [2.24, 2.45) is 0 Å². The van der Waals surface area contributed by atoms with E-state index in [1.54, 1.807) is 0 Å². The zero-order valence-corrected chi connectivity index (χ0v) is 12.6. The summed E-state index contributed by atoms with van der Waals surface area (Å²) in [6, 6.07) is 1.87. The zero-order valence-electron chi connectivity index (χ0n) is 11.0. The molecule has 0 saturated carbocycles. The molecule has 0 unspecified atom stereocenters. The Kier molecular flexibility index (Phi) is 5.50. The number of carbonyl (C=O) groups is 1. The molecule has 2 N–H and O–H groups in total. The van der Waals surface area contributed by atoms with E-state index in [-0.39, 0.29) is 34.3 Å². The number of carboxylic acids is 1. The van der Waals surface area contributed by atoms with Crippen molar-refractivity contribution in [3.05, 3.63) is 32.8 Å². The predicted octanol–water partition coefficient (Wildman–Crippen LogP) is 1.79. The van der Waals surface area contributed by atoms with Crippen LogP contribution < -0.4 is 5.32 Å². The van der Waals surface area contributed by atoms with Crippen molar-refractivity contribution in [3.8, 4) is 0 Å². The number of nitrogens with one attached hydrogen (secondary N) is 1. The van der Waals surface area contributed by atoms with Crippen LogP contribution in [-0.4, -0.2) is 42.5 Å². The molecular weight excluding hydrogens is 324 g/mol. The fourth-order valence-corrected chi connectivity index (χ4v) is 2.50. The summed E-state index contributed by atoms with van der Waals surface area (Å²) in [5.41, 5.74) is -0.881. The van der Waals surface area contributed by atoms with Crippen LogP contribution in [-0.2, 0) is 9.84 Å². The molecule has 0 spiro atoms. The van der Waals surface area contributed by atoms with Crippen LogP contribution in [0.25, 0.3) is 0 Å². The van der Waals surface area contributed by atoms with E-state index < -0.39 is 26.4 Å². The molecule has 8 nitrogen and oxygen atoms in total. The summed E-state index contributed by atoms with van der Waals surface area (Å²) in [7, 11) is -3.22. The molecule has 21 heavy (non-hydrogen) atoms. The van der Waals surface area contributed by atoms with Gasteiger partial charge in [-0.15, -0.1) is 0 Å². The molecule has 0 bridgehead atoms. The van der Waals surface area contributed by atoms with Crippen LogP contribution in [0.15, 0.2) is 12.1 Å². The molecule has 0 heterocycles. The number of sulfone groups is 1. The summed E-state index contributed by atoms with van der Waals surface area (Å²) in [5, 5.41) is 22.2. The Hall–Kier alpha value is -1.87. The van der Waals surface area contributed by atoms with Gasteiger partial charge < -0.3 is 10.4 Å². The minimum Gasteiger partial charge on any atom is -0.478 e. The molecule has 116 valence electrons. The van der Waals surface area contributed by atoms with Crippen LogP contribution in [0.4, 0.5) is 11.4 Å². The quantitative estimate of drug-likeness (QED) is 0.574. The Balaban J connectivity index is 3.06. The molecule has 0 radical (unpaired) electrons. The highest BCUT2D eigenvalue weighted by Crippen LogP contribution is 2.31. The number of nitro groups is 1. The highest BCUT2D eigenvalue weighted by molar-refractivity contribution is 7.91. The predicted molar refractivity (Wildman–Crippen MR) is 77.9 cm³/mol. The van der Waals surface area contributed by atoms with Crippen molar-refractivity contribution in [1.29, 1.82) is 0 Å². The lowest BCUT2D eigenvalue weighted by molar-refractivity contribution is -0.384. The number of benzene rings is 1. The zero-order chi connectivity index (χ0) is 16.2. The van der Waals surface area contributed by atoms with Crippen LogP contribution in [0.1, 0.15) is 17.3 Å². The molecule has 0 atom stereocenters. The highest BCUT2D eigenvalue weighted by atomic mass is 35.5. The average Bonchev–Trinajstić information content (AvgIpc) is 2.39. The van der Waals surface area contributed by atoms with Crippen molar-refractivity contribution < 1.29 is 23.2 Å². The van der Waals surface area contributed by atoms with Crippen LogP contribution in [0, 0.1) is 10.1 Å². The fraction of sp³-hybridized carbons (Fsp3) is 0.364. The molecule has 0 aliphatic carbocycles. The number of hydrogen-bond donors (Lipinski definition) is 2. The Labute approximate surface area is 125 Å². The molecule has 0 amide bonds. The standard InChI is InChI=1S/C11H13ClN2O6S/c1-2-21(19,20)4-3-13-10-8(11(15)16)5-7(14(17)18)6-9(10)12/h5-6,13H,2-4H2,1H3,(H,15,16). The van der Waals surface area contributed by atoms with E-state index in [0.717, 1.165) is 12.1 Å². The first-order valence-corrected chi connectivity index (χ1v) is 8.03. The lowest BCUT2D eigenvalue weighted by atomic mass is 10.1. The third kappa shape index (κ3) is 4.57. The van der Waals surface area contributed by atoms with Gasteiger partial charge in [0, 0.05) is 24.4 Å². The number of nitrogens with zero attached hydrogens (tertiary/aromatic N) is 1. The van der Waals surface area contributed by atoms with Crippen molar-refractivity contribution in [2.45, 2.75) is 6.92 Å². The molecule has 0 aromatic heterocycles. The molecule has 1 aromatic carbocycles. The lowest BCUT2D eigenvalue weighted by Crippen LogP contribution is -2.18. The summed E-state index contributed by atoms with van der Waals surface area (Å²) >= 11 is 5.83. The Morgan fingerprint density at radius 1 is 1.48 bits per heavy atom. The molecule has 0 fully saturated rings. The maximum absolute atomic E-state index is 11.4. The number of aromatic carboxylic acids is 1. The summed E-state index contributed by atoms with van der Waals surface area (Å²) in [5.74, 6) is -1.63. The number of non-ortho nitro benzene ring substituents is 1. The second kappa shape index (κ2) is 6.72. The van der Waals surface area contributed by atoms with Crippen molar-refractivity contribution >= 4 is 38.8 Å². The van der Waals surface area contributed by atoms with Gasteiger partial charge in [-0.05, 0) is 0 Å². The molecule has 0 aliphatic heterocycles. The Bertz CT molecular complexity index is 674. The maximum Gasteiger partial charge on any atom is 0.338 e. The summed E-state index contributed by atoms with van der Waals surface area (Å²) in [4.78, 5) is 21.0. The third-order valence-corrected chi connectivity index (χ3v) is 4.67. The van der Waals surface area contributed by atoms with Crippen molar-refractivity contribution in [2.75, 3.05) is 23.4 Å². The number of anilines is 1. The van der Waals surface area contributed by atoms with Gasteiger partial charge in [0.15, 0.2) is 9.84 Å². The number of rotatable bonds is 7. The largest absolute Gasteiger partial charge is 0.478 e. The van der Waals surface area contributed by atoms with Crippen LogP contribution in [0.5, 0.6) is 0 Å². The van der Waals surface area contributed by atoms with E-state index in [2.05, 4.69) is 5.32 Å². The Morgan fingerprint density at radius 2 is 2.10 bits per heavy atom. The first-order chi connectivity index (χ1) is 9.68. The van der Waals surface area contributed by atoms with E-state index in [1.165, 1.54) is 6.92 Å². The van der Waals surface area contributed by atoms with Gasteiger partial charge in [0.2, 0.25) is 0 Å². The topological polar surface area (TPSA) is 127 Å². The van der Waals surface area contributed by atoms with Gasteiger partial charge in [-0.25, -0.2) is 13.2 Å². The second-order valence-corrected chi connectivity index (χ2v) is 6.96. The summed E-state index contributed by atoms with van der Waals surface area (Å²) in [6.45, 7) is 1.45. The molecular formula is C11H13ClN2O6S. The van der Waals surface area contributed by atoms with E-state index in [0.29, 0.717) is 0 Å². The summed E-state index contributed by atoms with van der Waals surface area (Å²) in [6.07, 6.45) is 0. The first kappa shape index (κ1) is 17.2. The number of halogens is 1. The molecule has 1 rings (SSSR count). The average molecular weight is 337 g/mol. The fourth-order valence-electron chi connectivity index (χ4n) is 1.52. The van der Waals surface area contributed by atoms with Crippen LogP contribution in [0.3, 0.4) is 0 Å². The number of hydrogen-bond acceptors (Lipinski definition) is 6. The second-order valence-electron chi connectivity index (χ2n) is 4.08. The van der Waals surface area contributed by atoms with Crippen LogP contribution in [0.2, 0.25) is 5.02 Å². The monoisotopic (exact) mass is 336 g/mol. The third-order valence-electron chi connectivity index (χ3n) is 2.67. The first-order valence-electron chi connectivity index (χ1n) is 5.83. The van der Waals surface area contributed by atoms with Crippen molar-refractivity contribution in [3.63, 3.8) is 0 Å². The van der Waals surface area contributed by atoms with E-state index in [1.807, 2.05) is 0 Å². The van der Waals surface area contributed by atoms with Crippen molar-refractivity contribution in [1.82, 2.24) is 0 Å². The normalized spacial score (nSPS) is 11.1.